The molecule has 0 bridgehead atoms. The molecule has 1 unspecified atom stereocenters. The van der Waals surface area contributed by atoms with Crippen molar-refractivity contribution < 1.29 is 33.0 Å². The van der Waals surface area contributed by atoms with Crippen LogP contribution in [0.1, 0.15) is 54.6 Å². The van der Waals surface area contributed by atoms with E-state index in [1.165, 1.54) is 13.2 Å². The monoisotopic (exact) mass is 628 g/mol. The number of benzene rings is 2. The number of anilines is 1. The third-order valence-corrected chi connectivity index (χ3v) is 8.69. The first-order chi connectivity index (χ1) is 21.2. The van der Waals surface area contributed by atoms with Gasteiger partial charge in [-0.2, -0.15) is 5.10 Å². The van der Waals surface area contributed by atoms with Gasteiger partial charge in [-0.1, -0.05) is 29.8 Å². The Balaban J connectivity index is 1.14. The standard InChI is InChI=1S/C32H38ClFN4O6/c1-37-28-8-4-3-7-24(28)30(36-37)31(40)35-27-17-26(34)21(16-25(27)33)15-22(39)18-43-19-29(38-13-5-6-14-38)44-23-11-9-20(10-12-23)32(41)42-2/h3-4,7-8,16-17,20,23,29H,5-6,9-15,18-19H2,1-2H3,(H,35,40)/t20-,23-,29?. The molecule has 236 valence electrons. The van der Waals surface area contributed by atoms with Crippen molar-refractivity contribution in [2.75, 3.05) is 38.7 Å². The number of para-hydroxylation sites is 1. The number of rotatable bonds is 12. The van der Waals surface area contributed by atoms with Crippen LogP contribution in [-0.4, -0.2) is 78.1 Å². The van der Waals surface area contributed by atoms with Gasteiger partial charge >= 0.3 is 5.97 Å². The Kier molecular flexibility index (Phi) is 10.6. The molecule has 2 aliphatic rings. The second kappa shape index (κ2) is 14.6. The van der Waals surface area contributed by atoms with Crippen molar-refractivity contribution in [1.82, 2.24) is 14.7 Å². The van der Waals surface area contributed by atoms with Gasteiger partial charge in [0.15, 0.2) is 11.5 Å². The quantitative estimate of drug-likeness (QED) is 0.282. The highest BCUT2D eigenvalue weighted by molar-refractivity contribution is 6.34. The SMILES string of the molecule is COC(=O)[C@H]1CC[C@H](OC(COCC(=O)Cc2cc(Cl)c(NC(=O)c3nn(C)c4ccccc34)cc2F)N2CCCC2)CC1. The van der Waals surface area contributed by atoms with E-state index < -0.39 is 11.7 Å². The van der Waals surface area contributed by atoms with Gasteiger partial charge in [0.2, 0.25) is 0 Å². The van der Waals surface area contributed by atoms with E-state index >= 15 is 4.39 Å². The van der Waals surface area contributed by atoms with E-state index in [4.69, 9.17) is 25.8 Å². The van der Waals surface area contributed by atoms with Gasteiger partial charge in [-0.15, -0.1) is 0 Å². The van der Waals surface area contributed by atoms with Crippen molar-refractivity contribution in [3.63, 3.8) is 0 Å². The predicted octanol–water partition coefficient (Wildman–Crippen LogP) is 4.92. The van der Waals surface area contributed by atoms with Gasteiger partial charge in [0, 0.05) is 31.9 Å². The first-order valence-corrected chi connectivity index (χ1v) is 15.4. The van der Waals surface area contributed by atoms with Gasteiger partial charge < -0.3 is 19.5 Å². The summed E-state index contributed by atoms with van der Waals surface area (Å²) in [5, 5.41) is 7.69. The van der Waals surface area contributed by atoms with Crippen molar-refractivity contribution in [3.05, 3.63) is 58.5 Å². The van der Waals surface area contributed by atoms with Crippen molar-refractivity contribution in [1.29, 1.82) is 0 Å². The van der Waals surface area contributed by atoms with Gasteiger partial charge in [-0.3, -0.25) is 24.0 Å². The average molecular weight is 629 g/mol. The summed E-state index contributed by atoms with van der Waals surface area (Å²) in [5.74, 6) is -1.75. The average Bonchev–Trinajstić information content (AvgIpc) is 3.68. The van der Waals surface area contributed by atoms with E-state index in [1.54, 1.807) is 17.8 Å². The highest BCUT2D eigenvalue weighted by Gasteiger charge is 2.31. The van der Waals surface area contributed by atoms with Crippen LogP contribution >= 0.6 is 11.6 Å². The number of carbonyl (C=O) groups is 3. The zero-order chi connectivity index (χ0) is 31.2. The number of aryl methyl sites for hydroxylation is 1. The Morgan fingerprint density at radius 3 is 2.57 bits per heavy atom. The fourth-order valence-electron chi connectivity index (χ4n) is 6.00. The summed E-state index contributed by atoms with van der Waals surface area (Å²) in [6, 6.07) is 9.75. The number of fused-ring (bicyclic) bond motifs is 1. The normalized spacial score (nSPS) is 19.6. The molecule has 3 aromatic rings. The van der Waals surface area contributed by atoms with Gasteiger partial charge in [0.05, 0.1) is 42.0 Å². The van der Waals surface area contributed by atoms with Crippen LogP contribution in [0.2, 0.25) is 5.02 Å². The molecule has 1 saturated carbocycles. The van der Waals surface area contributed by atoms with Crippen LogP contribution in [0.3, 0.4) is 0 Å². The highest BCUT2D eigenvalue weighted by Crippen LogP contribution is 2.30. The van der Waals surface area contributed by atoms with E-state index in [1.807, 2.05) is 18.2 Å². The summed E-state index contributed by atoms with van der Waals surface area (Å²) in [5.41, 5.74) is 1.18. The third kappa shape index (κ3) is 7.63. The van der Waals surface area contributed by atoms with Crippen molar-refractivity contribution in [3.8, 4) is 0 Å². The zero-order valence-corrected chi connectivity index (χ0v) is 25.8. The number of Topliss-reactive ketones (excluding diaryl/α,β-unsaturated/α-hetero) is 1. The number of nitrogens with one attached hydrogen (secondary N) is 1. The number of amides is 1. The summed E-state index contributed by atoms with van der Waals surface area (Å²) in [6.45, 7) is 1.79. The number of halogens is 2. The maximum absolute atomic E-state index is 15.0. The lowest BCUT2D eigenvalue weighted by Crippen LogP contribution is -2.42. The Labute approximate surface area is 260 Å². The molecule has 1 aromatic heterocycles. The van der Waals surface area contributed by atoms with Crippen LogP contribution in [0.5, 0.6) is 0 Å². The number of methoxy groups -OCH3 is 1. The molecule has 1 atom stereocenters. The van der Waals surface area contributed by atoms with Crippen LogP contribution in [0.25, 0.3) is 10.9 Å². The molecule has 1 saturated heterocycles. The number of esters is 1. The summed E-state index contributed by atoms with van der Waals surface area (Å²) >= 11 is 6.39. The highest BCUT2D eigenvalue weighted by atomic mass is 35.5. The number of nitrogens with zero attached hydrogens (tertiary/aromatic N) is 3. The molecule has 1 N–H and O–H groups in total. The molecule has 0 spiro atoms. The second-order valence-corrected chi connectivity index (χ2v) is 11.8. The summed E-state index contributed by atoms with van der Waals surface area (Å²) < 4.78 is 33.7. The number of carbonyl (C=O) groups excluding carboxylic acids is 3. The number of ether oxygens (including phenoxy) is 3. The molecule has 2 fully saturated rings. The van der Waals surface area contributed by atoms with E-state index in [0.29, 0.717) is 5.39 Å². The molecule has 12 heteroatoms. The smallest absolute Gasteiger partial charge is 0.308 e. The van der Waals surface area contributed by atoms with Crippen LogP contribution in [-0.2, 0) is 37.3 Å². The Morgan fingerprint density at radius 1 is 1.11 bits per heavy atom. The van der Waals surface area contributed by atoms with Crippen LogP contribution in [0, 0.1) is 11.7 Å². The molecule has 2 aromatic carbocycles. The van der Waals surface area contributed by atoms with Gasteiger partial charge in [-0.05, 0) is 62.3 Å². The molecule has 0 radical (unpaired) electrons. The molecule has 1 aliphatic heterocycles. The molecule has 10 nitrogen and oxygen atoms in total. The van der Waals surface area contributed by atoms with Gasteiger partial charge in [0.25, 0.3) is 5.91 Å². The van der Waals surface area contributed by atoms with Crippen LogP contribution < -0.4 is 5.32 Å². The topological polar surface area (TPSA) is 112 Å². The van der Waals surface area contributed by atoms with E-state index in [-0.39, 0.29) is 71.6 Å². The zero-order valence-electron chi connectivity index (χ0n) is 25.0. The van der Waals surface area contributed by atoms with Gasteiger partial charge in [0.1, 0.15) is 18.7 Å². The van der Waals surface area contributed by atoms with Gasteiger partial charge in [-0.25, -0.2) is 4.39 Å². The Morgan fingerprint density at radius 2 is 1.84 bits per heavy atom. The summed E-state index contributed by atoms with van der Waals surface area (Å²) in [7, 11) is 3.15. The number of hydrogen-bond acceptors (Lipinski definition) is 8. The predicted molar refractivity (Wildman–Crippen MR) is 163 cm³/mol. The molecule has 44 heavy (non-hydrogen) atoms. The lowest BCUT2D eigenvalue weighted by molar-refractivity contribution is -0.154. The van der Waals surface area contributed by atoms with E-state index in [9.17, 15) is 14.4 Å². The molecule has 1 aliphatic carbocycles. The third-order valence-electron chi connectivity index (χ3n) is 8.37. The van der Waals surface area contributed by atoms with Crippen LogP contribution in [0.4, 0.5) is 10.1 Å². The Hall–Kier alpha value is -3.38. The van der Waals surface area contributed by atoms with Crippen molar-refractivity contribution in [2.24, 2.45) is 13.0 Å². The minimum Gasteiger partial charge on any atom is -0.469 e. The number of ketones is 1. The number of likely N-dealkylation sites (tertiary alicyclic amines) is 1. The first kappa shape index (κ1) is 32.0. The number of aromatic nitrogens is 2. The lowest BCUT2D eigenvalue weighted by Gasteiger charge is -2.34. The second-order valence-electron chi connectivity index (χ2n) is 11.4. The molecular weight excluding hydrogens is 591 g/mol. The maximum Gasteiger partial charge on any atom is 0.308 e. The molecule has 5 rings (SSSR count). The fourth-order valence-corrected chi connectivity index (χ4v) is 6.24. The van der Waals surface area contributed by atoms with E-state index in [0.717, 1.165) is 63.2 Å². The maximum atomic E-state index is 15.0. The first-order valence-electron chi connectivity index (χ1n) is 15.0. The molecule has 1 amide bonds. The lowest BCUT2D eigenvalue weighted by atomic mass is 9.87. The van der Waals surface area contributed by atoms with Crippen LogP contribution in [0.15, 0.2) is 36.4 Å². The fraction of sp³-hybridized carbons (Fsp3) is 0.500. The number of hydrogen-bond donors (Lipinski definition) is 1. The molecule has 2 heterocycles. The summed E-state index contributed by atoms with van der Waals surface area (Å²) in [6.07, 6.45) is 4.61. The van der Waals surface area contributed by atoms with Crippen molar-refractivity contribution >= 4 is 45.9 Å². The Bertz CT molecular complexity index is 1500. The minimum atomic E-state index is -0.662. The largest absolute Gasteiger partial charge is 0.469 e. The summed E-state index contributed by atoms with van der Waals surface area (Å²) in [4.78, 5) is 39.8. The van der Waals surface area contributed by atoms with Crippen molar-refractivity contribution in [2.45, 2.75) is 57.3 Å². The van der Waals surface area contributed by atoms with E-state index in [2.05, 4.69) is 15.3 Å². The molecular formula is C32H38ClFN4O6. The minimum absolute atomic E-state index is 0.00689.